The minimum absolute atomic E-state index is 0.197. The first-order valence-corrected chi connectivity index (χ1v) is 7.88. The summed E-state index contributed by atoms with van der Waals surface area (Å²) >= 11 is 0. The topological polar surface area (TPSA) is 39.7 Å². The average Bonchev–Trinajstić information content (AvgIpc) is 3.01. The van der Waals surface area contributed by atoms with Crippen LogP contribution in [0.15, 0.2) is 18.2 Å². The highest BCUT2D eigenvalue weighted by Gasteiger charge is 2.14. The standard InChI is InChI=1S/C17H27NO3/c1-4-13(2)21-16-8-7-14(10-17(16)19-3)11-18-12-15-6-5-9-20-15/h7-8,10,13,15,18H,4-6,9,11-12H2,1-3H3/t13-,15-/m0/s1. The van der Waals surface area contributed by atoms with Gasteiger partial charge in [-0.05, 0) is 43.9 Å². The SMILES string of the molecule is CC[C@H](C)Oc1ccc(CNC[C@@H]2CCCO2)cc1OC. The van der Waals surface area contributed by atoms with Gasteiger partial charge in [0.1, 0.15) is 0 Å². The summed E-state index contributed by atoms with van der Waals surface area (Å²) in [5.74, 6) is 1.61. The molecule has 1 heterocycles. The molecule has 2 atom stereocenters. The Kier molecular flexibility index (Phi) is 6.33. The highest BCUT2D eigenvalue weighted by atomic mass is 16.5. The van der Waals surface area contributed by atoms with Crippen LogP contribution in [0.5, 0.6) is 11.5 Å². The molecule has 1 fully saturated rings. The molecule has 1 aliphatic rings. The van der Waals surface area contributed by atoms with Gasteiger partial charge in [0.25, 0.3) is 0 Å². The van der Waals surface area contributed by atoms with E-state index in [9.17, 15) is 0 Å². The molecule has 0 amide bonds. The van der Waals surface area contributed by atoms with Gasteiger partial charge in [-0.15, -0.1) is 0 Å². The van der Waals surface area contributed by atoms with Gasteiger partial charge in [0.2, 0.25) is 0 Å². The van der Waals surface area contributed by atoms with Crippen LogP contribution in [-0.4, -0.2) is 32.5 Å². The van der Waals surface area contributed by atoms with E-state index in [1.54, 1.807) is 7.11 Å². The van der Waals surface area contributed by atoms with E-state index in [0.29, 0.717) is 6.10 Å². The van der Waals surface area contributed by atoms with Gasteiger partial charge in [-0.25, -0.2) is 0 Å². The van der Waals surface area contributed by atoms with Crippen LogP contribution in [0.25, 0.3) is 0 Å². The fraction of sp³-hybridized carbons (Fsp3) is 0.647. The molecule has 0 unspecified atom stereocenters. The Morgan fingerprint density at radius 2 is 2.24 bits per heavy atom. The van der Waals surface area contributed by atoms with Crippen LogP contribution < -0.4 is 14.8 Å². The van der Waals surface area contributed by atoms with Gasteiger partial charge in [0.05, 0.1) is 19.3 Å². The maximum Gasteiger partial charge on any atom is 0.161 e. The Balaban J connectivity index is 1.88. The van der Waals surface area contributed by atoms with Crippen molar-refractivity contribution in [2.45, 2.75) is 51.9 Å². The van der Waals surface area contributed by atoms with Gasteiger partial charge in [-0.3, -0.25) is 0 Å². The number of hydrogen-bond acceptors (Lipinski definition) is 4. The first-order valence-electron chi connectivity index (χ1n) is 7.88. The average molecular weight is 293 g/mol. The van der Waals surface area contributed by atoms with E-state index in [1.807, 2.05) is 12.1 Å². The number of rotatable bonds is 8. The first-order chi connectivity index (χ1) is 10.2. The Bertz CT molecular complexity index is 430. The van der Waals surface area contributed by atoms with E-state index in [2.05, 4.69) is 25.2 Å². The van der Waals surface area contributed by atoms with Crippen LogP contribution in [0.3, 0.4) is 0 Å². The second kappa shape index (κ2) is 8.25. The van der Waals surface area contributed by atoms with Crippen molar-refractivity contribution in [1.29, 1.82) is 0 Å². The molecule has 1 aliphatic heterocycles. The smallest absolute Gasteiger partial charge is 0.161 e. The molecule has 1 aromatic rings. The predicted molar refractivity (Wildman–Crippen MR) is 84.1 cm³/mol. The third-order valence-corrected chi connectivity index (χ3v) is 3.86. The quantitative estimate of drug-likeness (QED) is 0.799. The Morgan fingerprint density at radius 1 is 1.38 bits per heavy atom. The van der Waals surface area contributed by atoms with Crippen molar-refractivity contribution in [3.05, 3.63) is 23.8 Å². The third kappa shape index (κ3) is 4.90. The molecule has 21 heavy (non-hydrogen) atoms. The van der Waals surface area contributed by atoms with E-state index in [4.69, 9.17) is 14.2 Å². The van der Waals surface area contributed by atoms with E-state index >= 15 is 0 Å². The monoisotopic (exact) mass is 293 g/mol. The molecule has 1 N–H and O–H groups in total. The summed E-state index contributed by atoms with van der Waals surface area (Å²) < 4.78 is 16.9. The van der Waals surface area contributed by atoms with Crippen molar-refractivity contribution < 1.29 is 14.2 Å². The van der Waals surface area contributed by atoms with Crippen LogP contribution in [0, 0.1) is 0 Å². The second-order valence-corrected chi connectivity index (χ2v) is 5.59. The zero-order valence-electron chi connectivity index (χ0n) is 13.4. The van der Waals surface area contributed by atoms with Crippen molar-refractivity contribution in [2.75, 3.05) is 20.3 Å². The van der Waals surface area contributed by atoms with E-state index in [-0.39, 0.29) is 6.10 Å². The summed E-state index contributed by atoms with van der Waals surface area (Å²) in [6.45, 7) is 6.81. The van der Waals surface area contributed by atoms with Gasteiger partial charge in [-0.2, -0.15) is 0 Å². The van der Waals surface area contributed by atoms with Gasteiger partial charge in [0.15, 0.2) is 11.5 Å². The van der Waals surface area contributed by atoms with Crippen molar-refractivity contribution in [3.8, 4) is 11.5 Å². The normalized spacial score (nSPS) is 19.5. The molecule has 0 radical (unpaired) electrons. The number of ether oxygens (including phenoxy) is 3. The molecule has 0 saturated carbocycles. The lowest BCUT2D eigenvalue weighted by Crippen LogP contribution is -2.25. The highest BCUT2D eigenvalue weighted by Crippen LogP contribution is 2.29. The maximum absolute atomic E-state index is 5.86. The highest BCUT2D eigenvalue weighted by molar-refractivity contribution is 5.43. The van der Waals surface area contributed by atoms with Crippen LogP contribution >= 0.6 is 0 Å². The number of nitrogens with one attached hydrogen (secondary N) is 1. The van der Waals surface area contributed by atoms with Gasteiger partial charge >= 0.3 is 0 Å². The zero-order chi connectivity index (χ0) is 15.1. The fourth-order valence-corrected chi connectivity index (χ4v) is 2.40. The van der Waals surface area contributed by atoms with Gasteiger partial charge < -0.3 is 19.5 Å². The Morgan fingerprint density at radius 3 is 2.90 bits per heavy atom. The number of methoxy groups -OCH3 is 1. The van der Waals surface area contributed by atoms with Crippen LogP contribution in [0.1, 0.15) is 38.7 Å². The van der Waals surface area contributed by atoms with Crippen molar-refractivity contribution in [1.82, 2.24) is 5.32 Å². The second-order valence-electron chi connectivity index (χ2n) is 5.59. The minimum atomic E-state index is 0.197. The van der Waals surface area contributed by atoms with E-state index < -0.39 is 0 Å². The van der Waals surface area contributed by atoms with Crippen LogP contribution in [0.2, 0.25) is 0 Å². The molecule has 4 nitrogen and oxygen atoms in total. The summed E-state index contributed by atoms with van der Waals surface area (Å²) in [5.41, 5.74) is 1.20. The van der Waals surface area contributed by atoms with Gasteiger partial charge in [-0.1, -0.05) is 13.0 Å². The van der Waals surface area contributed by atoms with Crippen LogP contribution in [0.4, 0.5) is 0 Å². The summed E-state index contributed by atoms with van der Waals surface area (Å²) in [5, 5.41) is 3.44. The molecule has 1 saturated heterocycles. The first kappa shape index (κ1) is 16.1. The predicted octanol–water partition coefficient (Wildman–Crippen LogP) is 3.14. The lowest BCUT2D eigenvalue weighted by atomic mass is 10.2. The zero-order valence-corrected chi connectivity index (χ0v) is 13.4. The molecule has 0 spiro atoms. The molecule has 2 rings (SSSR count). The summed E-state index contributed by atoms with van der Waals surface area (Å²) in [4.78, 5) is 0. The van der Waals surface area contributed by atoms with E-state index in [1.165, 1.54) is 12.0 Å². The molecule has 4 heteroatoms. The summed E-state index contributed by atoms with van der Waals surface area (Å²) in [7, 11) is 1.68. The molecule has 0 bridgehead atoms. The van der Waals surface area contributed by atoms with Crippen molar-refractivity contribution >= 4 is 0 Å². The third-order valence-electron chi connectivity index (χ3n) is 3.86. The van der Waals surface area contributed by atoms with Gasteiger partial charge in [0, 0.05) is 19.7 Å². The Hall–Kier alpha value is -1.26. The molecule has 0 aliphatic carbocycles. The van der Waals surface area contributed by atoms with Crippen molar-refractivity contribution in [3.63, 3.8) is 0 Å². The largest absolute Gasteiger partial charge is 0.493 e. The lowest BCUT2D eigenvalue weighted by molar-refractivity contribution is 0.110. The molecule has 1 aromatic carbocycles. The molecule has 118 valence electrons. The molecule has 0 aromatic heterocycles. The van der Waals surface area contributed by atoms with Crippen molar-refractivity contribution in [2.24, 2.45) is 0 Å². The lowest BCUT2D eigenvalue weighted by Gasteiger charge is -2.17. The Labute approximate surface area is 127 Å². The molecular formula is C17H27NO3. The van der Waals surface area contributed by atoms with Crippen LogP contribution in [-0.2, 0) is 11.3 Å². The number of hydrogen-bond donors (Lipinski definition) is 1. The maximum atomic E-state index is 5.86. The minimum Gasteiger partial charge on any atom is -0.493 e. The van der Waals surface area contributed by atoms with E-state index in [0.717, 1.165) is 44.0 Å². The number of benzene rings is 1. The summed E-state index contributed by atoms with van der Waals surface area (Å²) in [6.07, 6.45) is 3.90. The fourth-order valence-electron chi connectivity index (χ4n) is 2.40. The summed E-state index contributed by atoms with van der Waals surface area (Å²) in [6, 6.07) is 6.12. The molecular weight excluding hydrogens is 266 g/mol.